The number of rotatable bonds is 5. The zero-order valence-corrected chi connectivity index (χ0v) is 27.3. The van der Waals surface area contributed by atoms with Gasteiger partial charge in [0.15, 0.2) is 29.1 Å². The van der Waals surface area contributed by atoms with E-state index >= 15 is 4.39 Å². The van der Waals surface area contributed by atoms with Crippen LogP contribution in [0.5, 0.6) is 0 Å². The summed E-state index contributed by atoms with van der Waals surface area (Å²) in [7, 11) is 0. The summed E-state index contributed by atoms with van der Waals surface area (Å²) in [5.74, 6) is -0.255. The van der Waals surface area contributed by atoms with Crippen LogP contribution in [0.4, 0.5) is 8.78 Å². The Morgan fingerprint density at radius 1 is 0.490 bits per heavy atom. The highest BCUT2D eigenvalue weighted by molar-refractivity contribution is 6.10. The standard InChI is InChI=1S/C43H32F2N4/c1-43(2,3)30-22-24-37-34(26-30)32-17-10-11-20-36(32)49(37)38-25-29(31-18-12-19-35(44)39(31)45)21-23-33(38)42-47-40(27-13-6-4-7-14-27)46-41(48-42)28-15-8-5-9-16-28/h4-26H,1-3H3. The van der Waals surface area contributed by atoms with E-state index in [0.29, 0.717) is 23.0 Å². The second kappa shape index (κ2) is 11.9. The summed E-state index contributed by atoms with van der Waals surface area (Å²) in [6.07, 6.45) is 0. The summed E-state index contributed by atoms with van der Waals surface area (Å²) in [5.41, 5.74) is 7.00. The van der Waals surface area contributed by atoms with Gasteiger partial charge in [-0.25, -0.2) is 23.7 Å². The van der Waals surface area contributed by atoms with Gasteiger partial charge in [-0.1, -0.05) is 124 Å². The van der Waals surface area contributed by atoms with E-state index in [2.05, 4.69) is 55.7 Å². The van der Waals surface area contributed by atoms with Crippen LogP contribution in [0.15, 0.2) is 140 Å². The van der Waals surface area contributed by atoms with Gasteiger partial charge in [0.25, 0.3) is 0 Å². The zero-order valence-electron chi connectivity index (χ0n) is 27.3. The Morgan fingerprint density at radius 2 is 1.10 bits per heavy atom. The lowest BCUT2D eigenvalue weighted by atomic mass is 9.86. The largest absolute Gasteiger partial charge is 0.308 e. The van der Waals surface area contributed by atoms with E-state index in [1.165, 1.54) is 11.6 Å². The first-order chi connectivity index (χ1) is 23.8. The Bertz CT molecular complexity index is 2440. The summed E-state index contributed by atoms with van der Waals surface area (Å²) in [5, 5.41) is 2.18. The quantitative estimate of drug-likeness (QED) is 0.188. The average molecular weight is 643 g/mol. The molecule has 0 aliphatic carbocycles. The highest BCUT2D eigenvalue weighted by atomic mass is 19.2. The summed E-state index contributed by atoms with van der Waals surface area (Å²) in [6.45, 7) is 6.62. The van der Waals surface area contributed by atoms with Crippen LogP contribution in [-0.2, 0) is 5.41 Å². The Balaban J connectivity index is 1.46. The molecule has 49 heavy (non-hydrogen) atoms. The molecule has 4 nitrogen and oxygen atoms in total. The fraction of sp³-hybridized carbons (Fsp3) is 0.0930. The molecule has 0 spiro atoms. The van der Waals surface area contributed by atoms with Crippen LogP contribution in [0.1, 0.15) is 26.3 Å². The molecule has 0 amide bonds. The van der Waals surface area contributed by atoms with E-state index in [-0.39, 0.29) is 11.0 Å². The van der Waals surface area contributed by atoms with Crippen molar-refractivity contribution in [3.63, 3.8) is 0 Å². The molecule has 0 N–H and O–H groups in total. The average Bonchev–Trinajstić information content (AvgIpc) is 3.46. The van der Waals surface area contributed by atoms with Crippen molar-refractivity contribution < 1.29 is 8.78 Å². The minimum absolute atomic E-state index is 0.0517. The van der Waals surface area contributed by atoms with Crippen molar-refractivity contribution in [2.24, 2.45) is 0 Å². The monoisotopic (exact) mass is 642 g/mol. The normalized spacial score (nSPS) is 11.8. The van der Waals surface area contributed by atoms with Gasteiger partial charge in [-0.3, -0.25) is 0 Å². The predicted octanol–water partition coefficient (Wildman–Crippen LogP) is 11.2. The zero-order chi connectivity index (χ0) is 33.7. The molecule has 0 fully saturated rings. The van der Waals surface area contributed by atoms with E-state index in [1.54, 1.807) is 12.1 Å². The van der Waals surface area contributed by atoms with Crippen molar-refractivity contribution >= 4 is 21.8 Å². The van der Waals surface area contributed by atoms with Crippen molar-refractivity contribution in [3.8, 4) is 51.0 Å². The molecule has 0 atom stereocenters. The predicted molar refractivity (Wildman–Crippen MR) is 195 cm³/mol. The maximum atomic E-state index is 15.3. The fourth-order valence-electron chi connectivity index (χ4n) is 6.43. The van der Waals surface area contributed by atoms with Crippen molar-refractivity contribution in [1.82, 2.24) is 19.5 Å². The van der Waals surface area contributed by atoms with Crippen molar-refractivity contribution in [2.75, 3.05) is 0 Å². The minimum atomic E-state index is -0.896. The Morgan fingerprint density at radius 3 is 1.78 bits per heavy atom. The highest BCUT2D eigenvalue weighted by Gasteiger charge is 2.23. The molecule has 8 aromatic rings. The third-order valence-corrected chi connectivity index (χ3v) is 8.98. The molecule has 0 radical (unpaired) electrons. The van der Waals surface area contributed by atoms with Gasteiger partial charge >= 0.3 is 0 Å². The third-order valence-electron chi connectivity index (χ3n) is 8.98. The molecule has 6 aromatic carbocycles. The van der Waals surface area contributed by atoms with Gasteiger partial charge in [0.1, 0.15) is 0 Å². The first kappa shape index (κ1) is 30.3. The van der Waals surface area contributed by atoms with E-state index in [1.807, 2.05) is 84.9 Å². The number of aromatic nitrogens is 4. The van der Waals surface area contributed by atoms with Crippen LogP contribution in [-0.4, -0.2) is 19.5 Å². The molecule has 2 heterocycles. The topological polar surface area (TPSA) is 43.6 Å². The van der Waals surface area contributed by atoms with E-state index in [9.17, 15) is 4.39 Å². The van der Waals surface area contributed by atoms with Crippen LogP contribution in [0.2, 0.25) is 0 Å². The van der Waals surface area contributed by atoms with E-state index in [0.717, 1.165) is 50.2 Å². The second-order valence-electron chi connectivity index (χ2n) is 13.2. The lowest BCUT2D eigenvalue weighted by Gasteiger charge is -2.19. The maximum Gasteiger partial charge on any atom is 0.166 e. The second-order valence-corrected chi connectivity index (χ2v) is 13.2. The minimum Gasteiger partial charge on any atom is -0.308 e. The smallest absolute Gasteiger partial charge is 0.166 e. The number of fused-ring (bicyclic) bond motifs is 3. The number of hydrogen-bond donors (Lipinski definition) is 0. The van der Waals surface area contributed by atoms with Gasteiger partial charge in [0.05, 0.1) is 16.7 Å². The van der Waals surface area contributed by atoms with Crippen LogP contribution in [0.25, 0.3) is 72.8 Å². The molecule has 0 bridgehead atoms. The highest BCUT2D eigenvalue weighted by Crippen LogP contribution is 2.40. The molecule has 0 saturated heterocycles. The Labute approximate surface area is 283 Å². The van der Waals surface area contributed by atoms with Gasteiger partial charge in [0.2, 0.25) is 0 Å². The Kier molecular flexibility index (Phi) is 7.37. The lowest BCUT2D eigenvalue weighted by molar-refractivity contribution is 0.511. The van der Waals surface area contributed by atoms with Gasteiger partial charge < -0.3 is 4.57 Å². The van der Waals surface area contributed by atoms with Gasteiger partial charge in [-0.15, -0.1) is 0 Å². The van der Waals surface area contributed by atoms with Crippen LogP contribution in [0.3, 0.4) is 0 Å². The van der Waals surface area contributed by atoms with Crippen molar-refractivity contribution in [3.05, 3.63) is 157 Å². The Hall–Kier alpha value is -6.01. The molecular formula is C43H32F2N4. The first-order valence-electron chi connectivity index (χ1n) is 16.3. The summed E-state index contributed by atoms with van der Waals surface area (Å²) in [4.78, 5) is 15.0. The van der Waals surface area contributed by atoms with Crippen LogP contribution >= 0.6 is 0 Å². The molecule has 238 valence electrons. The molecule has 8 rings (SSSR count). The van der Waals surface area contributed by atoms with E-state index < -0.39 is 11.6 Å². The van der Waals surface area contributed by atoms with Crippen molar-refractivity contribution in [1.29, 1.82) is 0 Å². The molecule has 0 aliphatic rings. The number of halogens is 2. The van der Waals surface area contributed by atoms with Crippen LogP contribution in [0, 0.1) is 11.6 Å². The molecule has 0 aliphatic heterocycles. The third kappa shape index (κ3) is 5.45. The maximum absolute atomic E-state index is 15.3. The lowest BCUT2D eigenvalue weighted by Crippen LogP contribution is -2.10. The SMILES string of the molecule is CC(C)(C)c1ccc2c(c1)c1ccccc1n2-c1cc(-c2cccc(F)c2F)ccc1-c1nc(-c2ccccc2)nc(-c2ccccc2)n1. The molecule has 6 heteroatoms. The molecule has 0 unspecified atom stereocenters. The fourth-order valence-corrected chi connectivity index (χ4v) is 6.43. The molecule has 2 aromatic heterocycles. The van der Waals surface area contributed by atoms with Crippen molar-refractivity contribution in [2.45, 2.75) is 26.2 Å². The summed E-state index contributed by atoms with van der Waals surface area (Å²) in [6, 6.07) is 44.4. The number of nitrogens with zero attached hydrogens (tertiary/aromatic N) is 4. The molecule has 0 saturated carbocycles. The van der Waals surface area contributed by atoms with E-state index in [4.69, 9.17) is 15.0 Å². The van der Waals surface area contributed by atoms with Gasteiger partial charge in [-0.05, 0) is 52.9 Å². The summed E-state index contributed by atoms with van der Waals surface area (Å²) >= 11 is 0. The van der Waals surface area contributed by atoms with Crippen LogP contribution < -0.4 is 0 Å². The molecular weight excluding hydrogens is 610 g/mol. The number of para-hydroxylation sites is 1. The van der Waals surface area contributed by atoms with Gasteiger partial charge in [-0.2, -0.15) is 0 Å². The number of benzene rings is 6. The first-order valence-corrected chi connectivity index (χ1v) is 16.3. The summed E-state index contributed by atoms with van der Waals surface area (Å²) < 4.78 is 32.0. The van der Waals surface area contributed by atoms with Gasteiger partial charge in [0, 0.05) is 33.0 Å². The number of hydrogen-bond acceptors (Lipinski definition) is 3.